The second-order valence-electron chi connectivity index (χ2n) is 5.37. The first-order valence-electron chi connectivity index (χ1n) is 7.11. The molecule has 1 aromatic rings. The van der Waals surface area contributed by atoms with Crippen molar-refractivity contribution in [1.82, 2.24) is 4.57 Å². The lowest BCUT2D eigenvalue weighted by molar-refractivity contribution is 0.0237. The first kappa shape index (κ1) is 14.1. The Morgan fingerprint density at radius 2 is 2.05 bits per heavy atom. The summed E-state index contributed by atoms with van der Waals surface area (Å²) in [7, 11) is 0. The van der Waals surface area contributed by atoms with Crippen LogP contribution in [-0.2, 0) is 11.3 Å². The monoisotopic (exact) mass is 265 g/mol. The van der Waals surface area contributed by atoms with Crippen LogP contribution in [0.2, 0.25) is 0 Å². The third-order valence-electron chi connectivity index (χ3n) is 4.02. The summed E-state index contributed by atoms with van der Waals surface area (Å²) in [5.41, 5.74) is 2.20. The molecular formula is C15H23NO3. The molecule has 0 bridgehead atoms. The maximum absolute atomic E-state index is 11.1. The van der Waals surface area contributed by atoms with E-state index in [-0.39, 0.29) is 0 Å². The van der Waals surface area contributed by atoms with Gasteiger partial charge in [0.05, 0.1) is 18.3 Å². The third kappa shape index (κ3) is 3.38. The number of carboxylic acids is 1. The van der Waals surface area contributed by atoms with Crippen LogP contribution in [0.5, 0.6) is 0 Å². The number of nitrogens with zero attached hydrogens (tertiary/aromatic N) is 1. The van der Waals surface area contributed by atoms with Gasteiger partial charge in [0.15, 0.2) is 0 Å². The molecule has 0 aromatic carbocycles. The van der Waals surface area contributed by atoms with E-state index in [0.717, 1.165) is 17.9 Å². The molecule has 0 radical (unpaired) electrons. The lowest BCUT2D eigenvalue weighted by Crippen LogP contribution is -2.20. The van der Waals surface area contributed by atoms with Gasteiger partial charge in [0, 0.05) is 17.9 Å². The Bertz CT molecular complexity index is 444. The zero-order chi connectivity index (χ0) is 13.8. The molecule has 0 saturated heterocycles. The van der Waals surface area contributed by atoms with E-state index in [1.165, 1.54) is 32.1 Å². The van der Waals surface area contributed by atoms with Gasteiger partial charge in [-0.25, -0.2) is 4.79 Å². The molecule has 0 aliphatic heterocycles. The average molecular weight is 265 g/mol. The molecule has 0 amide bonds. The fourth-order valence-corrected chi connectivity index (χ4v) is 2.90. The van der Waals surface area contributed by atoms with E-state index in [1.54, 1.807) is 6.07 Å². The van der Waals surface area contributed by atoms with Crippen LogP contribution in [0.15, 0.2) is 6.07 Å². The van der Waals surface area contributed by atoms with Gasteiger partial charge in [0.1, 0.15) is 0 Å². The van der Waals surface area contributed by atoms with Gasteiger partial charge >= 0.3 is 5.97 Å². The van der Waals surface area contributed by atoms with Crippen LogP contribution in [0, 0.1) is 13.8 Å². The topological polar surface area (TPSA) is 51.5 Å². The molecule has 106 valence electrons. The van der Waals surface area contributed by atoms with Crippen molar-refractivity contribution in [3.05, 3.63) is 23.0 Å². The minimum Gasteiger partial charge on any atom is -0.478 e. The van der Waals surface area contributed by atoms with Crippen LogP contribution in [0.1, 0.15) is 53.8 Å². The van der Waals surface area contributed by atoms with E-state index in [9.17, 15) is 4.79 Å². The van der Waals surface area contributed by atoms with Gasteiger partial charge in [-0.15, -0.1) is 0 Å². The SMILES string of the molecule is Cc1cc(C(=O)O)c(C)n1CCOC1CCCCC1. The molecule has 0 atom stereocenters. The van der Waals surface area contributed by atoms with E-state index in [0.29, 0.717) is 18.3 Å². The lowest BCUT2D eigenvalue weighted by Gasteiger charge is -2.22. The zero-order valence-corrected chi connectivity index (χ0v) is 11.8. The molecular weight excluding hydrogens is 242 g/mol. The minimum atomic E-state index is -0.854. The molecule has 1 aromatic heterocycles. The Balaban J connectivity index is 1.90. The van der Waals surface area contributed by atoms with E-state index in [1.807, 2.05) is 18.4 Å². The van der Waals surface area contributed by atoms with Gasteiger partial charge < -0.3 is 14.4 Å². The van der Waals surface area contributed by atoms with Crippen LogP contribution in [0.25, 0.3) is 0 Å². The van der Waals surface area contributed by atoms with Gasteiger partial charge in [0.25, 0.3) is 0 Å². The summed E-state index contributed by atoms with van der Waals surface area (Å²) in [5, 5.41) is 9.09. The van der Waals surface area contributed by atoms with E-state index >= 15 is 0 Å². The fraction of sp³-hybridized carbons (Fsp3) is 0.667. The Morgan fingerprint density at radius 1 is 1.37 bits per heavy atom. The third-order valence-corrected chi connectivity index (χ3v) is 4.02. The molecule has 1 heterocycles. The Hall–Kier alpha value is -1.29. The molecule has 0 unspecified atom stereocenters. The second kappa shape index (κ2) is 6.24. The molecule has 0 spiro atoms. The number of ether oxygens (including phenoxy) is 1. The summed E-state index contributed by atoms with van der Waals surface area (Å²) >= 11 is 0. The van der Waals surface area contributed by atoms with Crippen molar-refractivity contribution in [2.75, 3.05) is 6.61 Å². The van der Waals surface area contributed by atoms with Gasteiger partial charge in [-0.05, 0) is 32.8 Å². The highest BCUT2D eigenvalue weighted by molar-refractivity contribution is 5.89. The standard InChI is InChI=1S/C15H23NO3/c1-11-10-14(15(17)18)12(2)16(11)8-9-19-13-6-4-3-5-7-13/h10,13H,3-9H2,1-2H3,(H,17,18). The summed E-state index contributed by atoms with van der Waals surface area (Å²) in [6, 6.07) is 1.73. The van der Waals surface area contributed by atoms with Crippen LogP contribution in [-0.4, -0.2) is 28.4 Å². The Kier molecular flexibility index (Phi) is 4.64. The van der Waals surface area contributed by atoms with E-state index < -0.39 is 5.97 Å². The van der Waals surface area contributed by atoms with Gasteiger partial charge in [-0.3, -0.25) is 0 Å². The first-order valence-corrected chi connectivity index (χ1v) is 7.11. The van der Waals surface area contributed by atoms with Crippen molar-refractivity contribution in [3.8, 4) is 0 Å². The second-order valence-corrected chi connectivity index (χ2v) is 5.37. The quantitative estimate of drug-likeness (QED) is 0.889. The molecule has 1 saturated carbocycles. The molecule has 19 heavy (non-hydrogen) atoms. The van der Waals surface area contributed by atoms with Crippen molar-refractivity contribution in [2.24, 2.45) is 0 Å². The van der Waals surface area contributed by atoms with Crippen molar-refractivity contribution >= 4 is 5.97 Å². The smallest absolute Gasteiger partial charge is 0.337 e. The molecule has 4 heteroatoms. The highest BCUT2D eigenvalue weighted by atomic mass is 16.5. The maximum atomic E-state index is 11.1. The van der Waals surface area contributed by atoms with Crippen molar-refractivity contribution in [2.45, 2.75) is 58.6 Å². The number of aromatic carboxylic acids is 1. The van der Waals surface area contributed by atoms with Crippen LogP contribution >= 0.6 is 0 Å². The molecule has 1 aliphatic rings. The van der Waals surface area contributed by atoms with Crippen LogP contribution in [0.3, 0.4) is 0 Å². The van der Waals surface area contributed by atoms with Gasteiger partial charge in [0.2, 0.25) is 0 Å². The molecule has 2 rings (SSSR count). The summed E-state index contributed by atoms with van der Waals surface area (Å²) in [5.74, 6) is -0.854. The Morgan fingerprint density at radius 3 is 2.63 bits per heavy atom. The number of rotatable bonds is 5. The summed E-state index contributed by atoms with van der Waals surface area (Å²) in [6.45, 7) is 5.21. The number of hydrogen-bond donors (Lipinski definition) is 1. The predicted molar refractivity (Wildman–Crippen MR) is 73.7 cm³/mol. The fourth-order valence-electron chi connectivity index (χ4n) is 2.90. The highest BCUT2D eigenvalue weighted by Gasteiger charge is 2.16. The van der Waals surface area contributed by atoms with Gasteiger partial charge in [-0.1, -0.05) is 19.3 Å². The number of aromatic nitrogens is 1. The maximum Gasteiger partial charge on any atom is 0.337 e. The largest absolute Gasteiger partial charge is 0.478 e. The van der Waals surface area contributed by atoms with Crippen molar-refractivity contribution in [3.63, 3.8) is 0 Å². The number of aryl methyl sites for hydroxylation is 1. The number of carboxylic acid groups (broad SMARTS) is 1. The molecule has 1 N–H and O–H groups in total. The normalized spacial score (nSPS) is 16.7. The number of carbonyl (C=O) groups is 1. The van der Waals surface area contributed by atoms with E-state index in [2.05, 4.69) is 0 Å². The summed E-state index contributed by atoms with van der Waals surface area (Å²) in [6.07, 6.45) is 6.63. The summed E-state index contributed by atoms with van der Waals surface area (Å²) in [4.78, 5) is 11.1. The predicted octanol–water partition coefficient (Wildman–Crippen LogP) is 3.15. The summed E-state index contributed by atoms with van der Waals surface area (Å²) < 4.78 is 7.93. The average Bonchev–Trinajstić information content (AvgIpc) is 2.68. The molecule has 1 aliphatic carbocycles. The minimum absolute atomic E-state index is 0.398. The first-order chi connectivity index (χ1) is 9.09. The Labute approximate surface area is 114 Å². The molecule has 1 fully saturated rings. The lowest BCUT2D eigenvalue weighted by atomic mass is 9.98. The number of hydrogen-bond acceptors (Lipinski definition) is 2. The van der Waals surface area contributed by atoms with Crippen molar-refractivity contribution < 1.29 is 14.6 Å². The van der Waals surface area contributed by atoms with Crippen LogP contribution < -0.4 is 0 Å². The van der Waals surface area contributed by atoms with Crippen molar-refractivity contribution in [1.29, 1.82) is 0 Å². The zero-order valence-electron chi connectivity index (χ0n) is 11.8. The van der Waals surface area contributed by atoms with E-state index in [4.69, 9.17) is 9.84 Å². The molecule has 4 nitrogen and oxygen atoms in total. The van der Waals surface area contributed by atoms with Gasteiger partial charge in [-0.2, -0.15) is 0 Å². The highest BCUT2D eigenvalue weighted by Crippen LogP contribution is 2.20. The van der Waals surface area contributed by atoms with Crippen LogP contribution in [0.4, 0.5) is 0 Å².